The summed E-state index contributed by atoms with van der Waals surface area (Å²) in [5.41, 5.74) is 1.24. The van der Waals surface area contributed by atoms with Gasteiger partial charge in [0.1, 0.15) is 0 Å². The van der Waals surface area contributed by atoms with E-state index in [0.29, 0.717) is 12.5 Å². The molecule has 0 saturated heterocycles. The van der Waals surface area contributed by atoms with Crippen molar-refractivity contribution in [1.82, 2.24) is 5.32 Å². The molecule has 2 heteroatoms. The smallest absolute Gasteiger partial charge is 0.0641 e. The molecule has 2 rings (SSSR count). The van der Waals surface area contributed by atoms with E-state index < -0.39 is 0 Å². The van der Waals surface area contributed by atoms with Crippen LogP contribution in [-0.4, -0.2) is 6.04 Å². The number of nitrogens with zero attached hydrogens (tertiary/aromatic N) is 1. The van der Waals surface area contributed by atoms with Crippen LogP contribution in [0.1, 0.15) is 57.1 Å². The van der Waals surface area contributed by atoms with Gasteiger partial charge in [0.25, 0.3) is 0 Å². The van der Waals surface area contributed by atoms with Crippen molar-refractivity contribution in [3.05, 3.63) is 35.9 Å². The second-order valence-electron chi connectivity index (χ2n) is 5.55. The maximum atomic E-state index is 9.06. The van der Waals surface area contributed by atoms with Gasteiger partial charge in [-0.25, -0.2) is 0 Å². The number of hydrogen-bond donors (Lipinski definition) is 1. The van der Waals surface area contributed by atoms with Crippen molar-refractivity contribution < 1.29 is 0 Å². The maximum Gasteiger partial charge on any atom is 0.0641 e. The average molecular weight is 256 g/mol. The Hall–Kier alpha value is -1.33. The Labute approximate surface area is 116 Å². The molecule has 0 bridgehead atoms. The molecule has 1 aliphatic carbocycles. The van der Waals surface area contributed by atoms with E-state index in [-0.39, 0.29) is 6.04 Å². The molecule has 0 radical (unpaired) electrons. The summed E-state index contributed by atoms with van der Waals surface area (Å²) in [7, 11) is 0. The number of rotatable bonds is 5. The van der Waals surface area contributed by atoms with Gasteiger partial charge < -0.3 is 5.32 Å². The first kappa shape index (κ1) is 14.1. The molecule has 2 nitrogen and oxygen atoms in total. The van der Waals surface area contributed by atoms with E-state index in [1.165, 1.54) is 37.7 Å². The lowest BCUT2D eigenvalue weighted by atomic mass is 9.82. The maximum absolute atomic E-state index is 9.06. The van der Waals surface area contributed by atoms with E-state index in [2.05, 4.69) is 42.6 Å². The van der Waals surface area contributed by atoms with Gasteiger partial charge in [-0.1, -0.05) is 56.5 Å². The Morgan fingerprint density at radius 3 is 2.68 bits per heavy atom. The molecule has 0 spiro atoms. The highest BCUT2D eigenvalue weighted by Gasteiger charge is 2.26. The van der Waals surface area contributed by atoms with Crippen molar-refractivity contribution in [2.75, 3.05) is 0 Å². The van der Waals surface area contributed by atoms with Crippen molar-refractivity contribution in [2.24, 2.45) is 5.92 Å². The second kappa shape index (κ2) is 7.31. The summed E-state index contributed by atoms with van der Waals surface area (Å²) in [5.74, 6) is 0.777. The number of hydrogen-bond acceptors (Lipinski definition) is 2. The number of nitriles is 1. The molecule has 1 aromatic rings. The summed E-state index contributed by atoms with van der Waals surface area (Å²) in [4.78, 5) is 0. The highest BCUT2D eigenvalue weighted by molar-refractivity contribution is 5.20. The zero-order valence-electron chi connectivity index (χ0n) is 11.8. The lowest BCUT2D eigenvalue weighted by Crippen LogP contribution is -2.40. The summed E-state index contributed by atoms with van der Waals surface area (Å²) < 4.78 is 0. The largest absolute Gasteiger partial charge is 0.306 e. The first-order valence-corrected chi connectivity index (χ1v) is 7.53. The molecular weight excluding hydrogens is 232 g/mol. The van der Waals surface area contributed by atoms with Gasteiger partial charge in [-0.05, 0) is 24.3 Å². The molecule has 1 aliphatic rings. The standard InChI is InChI=1S/C17H24N2/c1-2-14-8-6-7-11-16(14)19-17(12-13-18)15-9-4-3-5-10-15/h3-5,9-10,14,16-17,19H,2,6-8,11-12H2,1H3. The molecule has 1 saturated carbocycles. The van der Waals surface area contributed by atoms with Crippen LogP contribution >= 0.6 is 0 Å². The Kier molecular flexibility index (Phi) is 5.42. The molecule has 0 aromatic heterocycles. The highest BCUT2D eigenvalue weighted by atomic mass is 15.0. The first-order valence-electron chi connectivity index (χ1n) is 7.53. The molecule has 1 fully saturated rings. The van der Waals surface area contributed by atoms with Gasteiger partial charge in [0.15, 0.2) is 0 Å². The predicted molar refractivity (Wildman–Crippen MR) is 78.6 cm³/mol. The zero-order valence-corrected chi connectivity index (χ0v) is 11.8. The van der Waals surface area contributed by atoms with Crippen LogP contribution < -0.4 is 5.32 Å². The molecule has 19 heavy (non-hydrogen) atoms. The fourth-order valence-electron chi connectivity index (χ4n) is 3.22. The summed E-state index contributed by atoms with van der Waals surface area (Å²) in [6, 6.07) is 13.5. The quantitative estimate of drug-likeness (QED) is 0.857. The molecule has 0 aliphatic heterocycles. The first-order chi connectivity index (χ1) is 9.35. The molecule has 0 amide bonds. The van der Waals surface area contributed by atoms with Crippen molar-refractivity contribution in [2.45, 2.75) is 57.5 Å². The average Bonchev–Trinajstić information content (AvgIpc) is 2.48. The van der Waals surface area contributed by atoms with E-state index in [9.17, 15) is 0 Å². The molecule has 102 valence electrons. The molecule has 1 N–H and O–H groups in total. The van der Waals surface area contributed by atoms with Crippen molar-refractivity contribution in [1.29, 1.82) is 5.26 Å². The van der Waals surface area contributed by atoms with Crippen LogP contribution in [0, 0.1) is 17.2 Å². The predicted octanol–water partition coefficient (Wildman–Crippen LogP) is 4.20. The third-order valence-corrected chi connectivity index (χ3v) is 4.35. The Morgan fingerprint density at radius 1 is 1.26 bits per heavy atom. The van der Waals surface area contributed by atoms with E-state index in [4.69, 9.17) is 5.26 Å². The van der Waals surface area contributed by atoms with Crippen LogP contribution in [-0.2, 0) is 0 Å². The van der Waals surface area contributed by atoms with Gasteiger partial charge in [-0.2, -0.15) is 5.26 Å². The Morgan fingerprint density at radius 2 is 2.00 bits per heavy atom. The molecule has 1 aromatic carbocycles. The number of benzene rings is 1. The van der Waals surface area contributed by atoms with Crippen molar-refractivity contribution >= 4 is 0 Å². The minimum Gasteiger partial charge on any atom is -0.306 e. The summed E-state index contributed by atoms with van der Waals surface area (Å²) in [5, 5.41) is 12.8. The molecule has 3 atom stereocenters. The van der Waals surface area contributed by atoms with Crippen LogP contribution in [0.15, 0.2) is 30.3 Å². The van der Waals surface area contributed by atoms with Crippen LogP contribution in [0.5, 0.6) is 0 Å². The Balaban J connectivity index is 2.06. The van der Waals surface area contributed by atoms with Crippen molar-refractivity contribution in [3.63, 3.8) is 0 Å². The van der Waals surface area contributed by atoms with E-state index in [1.54, 1.807) is 0 Å². The topological polar surface area (TPSA) is 35.8 Å². The van der Waals surface area contributed by atoms with Gasteiger partial charge in [0, 0.05) is 12.1 Å². The molecular formula is C17H24N2. The fourth-order valence-corrected chi connectivity index (χ4v) is 3.22. The van der Waals surface area contributed by atoms with Crippen LogP contribution in [0.3, 0.4) is 0 Å². The number of nitrogens with one attached hydrogen (secondary N) is 1. The van der Waals surface area contributed by atoms with Gasteiger partial charge in [-0.3, -0.25) is 0 Å². The lowest BCUT2D eigenvalue weighted by molar-refractivity contribution is 0.237. The van der Waals surface area contributed by atoms with Crippen LogP contribution in [0.25, 0.3) is 0 Å². The van der Waals surface area contributed by atoms with Gasteiger partial charge in [0.2, 0.25) is 0 Å². The SMILES string of the molecule is CCC1CCCCC1NC(CC#N)c1ccccc1. The van der Waals surface area contributed by atoms with E-state index in [0.717, 1.165) is 5.92 Å². The third-order valence-electron chi connectivity index (χ3n) is 4.35. The minimum absolute atomic E-state index is 0.184. The summed E-state index contributed by atoms with van der Waals surface area (Å²) in [6.07, 6.45) is 7.07. The van der Waals surface area contributed by atoms with E-state index >= 15 is 0 Å². The van der Waals surface area contributed by atoms with Gasteiger partial charge in [0.05, 0.1) is 12.5 Å². The monoisotopic (exact) mass is 256 g/mol. The lowest BCUT2D eigenvalue weighted by Gasteiger charge is -2.34. The summed E-state index contributed by atoms with van der Waals surface area (Å²) in [6.45, 7) is 2.28. The van der Waals surface area contributed by atoms with Crippen LogP contribution in [0.2, 0.25) is 0 Å². The third kappa shape index (κ3) is 3.81. The normalized spacial score (nSPS) is 24.6. The van der Waals surface area contributed by atoms with Gasteiger partial charge >= 0.3 is 0 Å². The fraction of sp³-hybridized carbons (Fsp3) is 0.588. The highest BCUT2D eigenvalue weighted by Crippen LogP contribution is 2.29. The summed E-state index contributed by atoms with van der Waals surface area (Å²) >= 11 is 0. The van der Waals surface area contributed by atoms with Crippen molar-refractivity contribution in [3.8, 4) is 6.07 Å². The zero-order chi connectivity index (χ0) is 13.5. The second-order valence-corrected chi connectivity index (χ2v) is 5.55. The molecule has 3 unspecified atom stereocenters. The molecule has 0 heterocycles. The minimum atomic E-state index is 0.184. The van der Waals surface area contributed by atoms with E-state index in [1.807, 2.05) is 6.07 Å². The van der Waals surface area contributed by atoms with Gasteiger partial charge in [-0.15, -0.1) is 0 Å². The van der Waals surface area contributed by atoms with Crippen LogP contribution in [0.4, 0.5) is 0 Å². The Bertz CT molecular complexity index is 407.